The van der Waals surface area contributed by atoms with Crippen LogP contribution in [0.2, 0.25) is 5.02 Å². The molecule has 170 valence electrons. The molecule has 1 fully saturated rings. The van der Waals surface area contributed by atoms with Gasteiger partial charge in [-0.25, -0.2) is 4.99 Å². The number of hydrogen-bond donors (Lipinski definition) is 3. The Balaban J connectivity index is 1.80. The SMILES string of the molecule is COc1ccc(NC(=NCC2CCCO2)NC(=O)c2ccc(C)c(NC(C)=O)c2)cc1Cl. The van der Waals surface area contributed by atoms with Crippen molar-refractivity contribution in [2.45, 2.75) is 32.8 Å². The van der Waals surface area contributed by atoms with E-state index in [0.29, 0.717) is 34.3 Å². The fourth-order valence-electron chi connectivity index (χ4n) is 3.24. The van der Waals surface area contributed by atoms with E-state index in [2.05, 4.69) is 20.9 Å². The lowest BCUT2D eigenvalue weighted by Gasteiger charge is -2.15. The maximum atomic E-state index is 12.9. The van der Waals surface area contributed by atoms with E-state index in [4.69, 9.17) is 21.1 Å². The van der Waals surface area contributed by atoms with Gasteiger partial charge in [-0.3, -0.25) is 14.9 Å². The zero-order valence-electron chi connectivity index (χ0n) is 18.3. The van der Waals surface area contributed by atoms with Crippen molar-refractivity contribution in [3.8, 4) is 5.75 Å². The first-order valence-electron chi connectivity index (χ1n) is 10.3. The van der Waals surface area contributed by atoms with Gasteiger partial charge in [-0.2, -0.15) is 0 Å². The van der Waals surface area contributed by atoms with Gasteiger partial charge in [0.2, 0.25) is 11.9 Å². The normalized spacial score (nSPS) is 15.9. The van der Waals surface area contributed by atoms with Gasteiger partial charge in [-0.05, 0) is 55.7 Å². The molecule has 9 heteroatoms. The van der Waals surface area contributed by atoms with E-state index in [1.807, 2.05) is 6.92 Å². The van der Waals surface area contributed by atoms with Crippen LogP contribution in [0.5, 0.6) is 5.75 Å². The lowest BCUT2D eigenvalue weighted by molar-refractivity contribution is -0.114. The van der Waals surface area contributed by atoms with Gasteiger partial charge in [0.1, 0.15) is 5.75 Å². The summed E-state index contributed by atoms with van der Waals surface area (Å²) in [5.74, 6) is 0.245. The van der Waals surface area contributed by atoms with Gasteiger partial charge in [-0.1, -0.05) is 17.7 Å². The highest BCUT2D eigenvalue weighted by Gasteiger charge is 2.17. The monoisotopic (exact) mass is 458 g/mol. The zero-order valence-corrected chi connectivity index (χ0v) is 19.1. The van der Waals surface area contributed by atoms with Gasteiger partial charge in [0.15, 0.2) is 0 Å². The first-order valence-corrected chi connectivity index (χ1v) is 10.7. The molecule has 1 aliphatic rings. The Morgan fingerprint density at radius 2 is 2.03 bits per heavy atom. The molecule has 0 aliphatic carbocycles. The summed E-state index contributed by atoms with van der Waals surface area (Å²) in [6, 6.07) is 10.3. The van der Waals surface area contributed by atoms with Crippen LogP contribution in [0.3, 0.4) is 0 Å². The Labute approximate surface area is 192 Å². The summed E-state index contributed by atoms with van der Waals surface area (Å²) in [5.41, 5.74) is 2.47. The Morgan fingerprint density at radius 3 is 2.69 bits per heavy atom. The second kappa shape index (κ2) is 11.0. The fourth-order valence-corrected chi connectivity index (χ4v) is 3.50. The molecule has 2 aromatic rings. The van der Waals surface area contributed by atoms with Crippen molar-refractivity contribution in [3.05, 3.63) is 52.5 Å². The quantitative estimate of drug-likeness (QED) is 0.448. The summed E-state index contributed by atoms with van der Waals surface area (Å²) in [4.78, 5) is 28.9. The molecule has 1 saturated heterocycles. The van der Waals surface area contributed by atoms with Crippen LogP contribution in [0.4, 0.5) is 11.4 Å². The molecule has 32 heavy (non-hydrogen) atoms. The number of guanidine groups is 1. The van der Waals surface area contributed by atoms with E-state index in [-0.39, 0.29) is 23.9 Å². The minimum absolute atomic E-state index is 0.0221. The first-order chi connectivity index (χ1) is 15.4. The van der Waals surface area contributed by atoms with Crippen molar-refractivity contribution in [2.24, 2.45) is 4.99 Å². The van der Waals surface area contributed by atoms with Crippen LogP contribution in [0.25, 0.3) is 0 Å². The topological polar surface area (TPSA) is 101 Å². The fraction of sp³-hybridized carbons (Fsp3) is 0.348. The van der Waals surface area contributed by atoms with Gasteiger partial charge in [0.25, 0.3) is 5.91 Å². The molecule has 1 heterocycles. The molecule has 2 amide bonds. The average molecular weight is 459 g/mol. The summed E-state index contributed by atoms with van der Waals surface area (Å²) in [6.07, 6.45) is 1.95. The van der Waals surface area contributed by atoms with Gasteiger partial charge < -0.3 is 20.1 Å². The number of benzene rings is 2. The van der Waals surface area contributed by atoms with Crippen LogP contribution >= 0.6 is 11.6 Å². The van der Waals surface area contributed by atoms with Crippen molar-refractivity contribution in [1.29, 1.82) is 0 Å². The maximum absolute atomic E-state index is 12.9. The third-order valence-corrected chi connectivity index (χ3v) is 5.23. The van der Waals surface area contributed by atoms with Crippen LogP contribution < -0.4 is 20.7 Å². The number of hydrogen-bond acceptors (Lipinski definition) is 5. The summed E-state index contributed by atoms with van der Waals surface area (Å²) in [5, 5.41) is 9.08. The van der Waals surface area contributed by atoms with Crippen LogP contribution in [-0.2, 0) is 9.53 Å². The lowest BCUT2D eigenvalue weighted by Crippen LogP contribution is -2.36. The van der Waals surface area contributed by atoms with Gasteiger partial charge in [0.05, 0.1) is 24.8 Å². The Bertz CT molecular complexity index is 1020. The lowest BCUT2D eigenvalue weighted by atomic mass is 10.1. The second-order valence-corrected chi connectivity index (χ2v) is 7.87. The number of amides is 2. The third kappa shape index (κ3) is 6.45. The molecular weight excluding hydrogens is 432 g/mol. The van der Waals surface area contributed by atoms with Gasteiger partial charge >= 0.3 is 0 Å². The van der Waals surface area contributed by atoms with E-state index >= 15 is 0 Å². The minimum Gasteiger partial charge on any atom is -0.495 e. The van der Waals surface area contributed by atoms with E-state index in [1.54, 1.807) is 43.5 Å². The molecule has 8 nitrogen and oxygen atoms in total. The molecule has 3 rings (SSSR count). The highest BCUT2D eigenvalue weighted by molar-refractivity contribution is 6.32. The number of halogens is 1. The number of carbonyl (C=O) groups is 2. The van der Waals surface area contributed by atoms with Crippen molar-refractivity contribution >= 4 is 40.7 Å². The molecular formula is C23H27ClN4O4. The number of rotatable bonds is 6. The molecule has 1 atom stereocenters. The number of carbonyl (C=O) groups excluding carboxylic acids is 2. The van der Waals surface area contributed by atoms with E-state index in [9.17, 15) is 9.59 Å². The van der Waals surface area contributed by atoms with Crippen LogP contribution in [0.15, 0.2) is 41.4 Å². The van der Waals surface area contributed by atoms with Crippen molar-refractivity contribution in [3.63, 3.8) is 0 Å². The Kier molecular flexibility index (Phi) is 8.08. The van der Waals surface area contributed by atoms with E-state index in [1.165, 1.54) is 6.92 Å². The molecule has 2 aromatic carbocycles. The second-order valence-electron chi connectivity index (χ2n) is 7.46. The van der Waals surface area contributed by atoms with Crippen LogP contribution in [0.1, 0.15) is 35.7 Å². The number of methoxy groups -OCH3 is 1. The Hall–Kier alpha value is -3.10. The number of nitrogens with zero attached hydrogens (tertiary/aromatic N) is 1. The van der Waals surface area contributed by atoms with E-state index in [0.717, 1.165) is 25.0 Å². The standard InChI is InChI=1S/C23H27ClN4O4/c1-14-6-7-16(11-20(14)26-15(2)29)22(30)28-23(25-13-18-5-4-10-32-18)27-17-8-9-21(31-3)19(24)12-17/h6-9,11-12,18H,4-5,10,13H2,1-3H3,(H,26,29)(H2,25,27,28,30). The number of aryl methyl sites for hydroxylation is 1. The van der Waals surface area contributed by atoms with Gasteiger partial charge in [0, 0.05) is 30.5 Å². The summed E-state index contributed by atoms with van der Waals surface area (Å²) in [6.45, 7) is 4.42. The number of nitrogens with one attached hydrogen (secondary N) is 3. The smallest absolute Gasteiger partial charge is 0.258 e. The van der Waals surface area contributed by atoms with E-state index < -0.39 is 0 Å². The first kappa shape index (κ1) is 23.6. The zero-order chi connectivity index (χ0) is 23.1. The molecule has 3 N–H and O–H groups in total. The molecule has 0 bridgehead atoms. The average Bonchev–Trinajstić information content (AvgIpc) is 3.27. The molecule has 0 aromatic heterocycles. The third-order valence-electron chi connectivity index (χ3n) is 4.93. The van der Waals surface area contributed by atoms with Crippen molar-refractivity contribution in [1.82, 2.24) is 5.32 Å². The van der Waals surface area contributed by atoms with Crippen molar-refractivity contribution < 1.29 is 19.1 Å². The predicted octanol–water partition coefficient (Wildman–Crippen LogP) is 3.99. The largest absolute Gasteiger partial charge is 0.495 e. The summed E-state index contributed by atoms with van der Waals surface area (Å²) >= 11 is 6.22. The minimum atomic E-state index is -0.366. The molecule has 1 aliphatic heterocycles. The highest BCUT2D eigenvalue weighted by atomic mass is 35.5. The molecule has 0 radical (unpaired) electrons. The predicted molar refractivity (Wildman–Crippen MR) is 126 cm³/mol. The summed E-state index contributed by atoms with van der Waals surface area (Å²) < 4.78 is 10.8. The van der Waals surface area contributed by atoms with Crippen LogP contribution in [-0.4, -0.2) is 44.1 Å². The van der Waals surface area contributed by atoms with Crippen LogP contribution in [0, 0.1) is 6.92 Å². The molecule has 1 unspecified atom stereocenters. The maximum Gasteiger partial charge on any atom is 0.258 e. The van der Waals surface area contributed by atoms with Crippen molar-refractivity contribution in [2.75, 3.05) is 30.9 Å². The Morgan fingerprint density at radius 1 is 1.22 bits per heavy atom. The molecule has 0 saturated carbocycles. The number of aliphatic imine (C=N–C) groups is 1. The number of anilines is 2. The number of ether oxygens (including phenoxy) is 2. The molecule has 0 spiro atoms. The van der Waals surface area contributed by atoms with Gasteiger partial charge in [-0.15, -0.1) is 0 Å². The highest BCUT2D eigenvalue weighted by Crippen LogP contribution is 2.27. The summed E-state index contributed by atoms with van der Waals surface area (Å²) in [7, 11) is 1.54.